The Morgan fingerprint density at radius 3 is 2.58 bits per heavy atom. The molecule has 0 saturated carbocycles. The van der Waals surface area contributed by atoms with E-state index >= 15 is 0 Å². The summed E-state index contributed by atoms with van der Waals surface area (Å²) in [4.78, 5) is 26.5. The average Bonchev–Trinajstić information content (AvgIpc) is 3.53. The van der Waals surface area contributed by atoms with E-state index in [9.17, 15) is 4.79 Å². The fraction of sp³-hybridized carbons (Fsp3) is 0.160. The topological polar surface area (TPSA) is 90.5 Å². The lowest BCUT2D eigenvalue weighted by molar-refractivity contribution is 0.0953. The van der Waals surface area contributed by atoms with Gasteiger partial charge < -0.3 is 9.88 Å². The van der Waals surface area contributed by atoms with Gasteiger partial charge in [0.2, 0.25) is 0 Å². The average molecular weight is 438 g/mol. The summed E-state index contributed by atoms with van der Waals surface area (Å²) in [6.45, 7) is 1.38. The normalized spacial score (nSPS) is 11.1. The lowest BCUT2D eigenvalue weighted by atomic mass is 10.1. The van der Waals surface area contributed by atoms with Gasteiger partial charge >= 0.3 is 0 Å². The molecule has 0 spiro atoms. The standard InChI is InChI=1S/C25H23N7O/c1-31-14-10-21(30-31)24-23(18-6-3-2-4-7-18)28-20-9-8-19(16-22(20)29-24)25(33)27-11-5-13-32-15-12-26-17-32/h2-4,6-10,12,14-17H,5,11,13H2,1H3,(H,27,33). The predicted molar refractivity (Wildman–Crippen MR) is 126 cm³/mol. The largest absolute Gasteiger partial charge is 0.352 e. The molecule has 8 nitrogen and oxygen atoms in total. The van der Waals surface area contributed by atoms with Crippen LogP contribution in [-0.4, -0.2) is 41.8 Å². The molecule has 0 fully saturated rings. The molecule has 0 atom stereocenters. The Morgan fingerprint density at radius 1 is 0.970 bits per heavy atom. The lowest BCUT2D eigenvalue weighted by Crippen LogP contribution is -2.25. The molecule has 1 N–H and O–H groups in total. The molecule has 0 aliphatic heterocycles. The Labute approximate surface area is 191 Å². The van der Waals surface area contributed by atoms with Gasteiger partial charge in [-0.3, -0.25) is 9.48 Å². The first kappa shape index (κ1) is 20.6. The molecule has 3 heterocycles. The Balaban J connectivity index is 1.43. The van der Waals surface area contributed by atoms with Crippen molar-refractivity contribution in [3.05, 3.63) is 85.1 Å². The van der Waals surface area contributed by atoms with Crippen LogP contribution in [0, 0.1) is 0 Å². The highest BCUT2D eigenvalue weighted by atomic mass is 16.1. The number of nitrogens with zero attached hydrogens (tertiary/aromatic N) is 6. The molecule has 0 saturated heterocycles. The quantitative estimate of drug-likeness (QED) is 0.392. The van der Waals surface area contributed by atoms with E-state index in [1.807, 2.05) is 66.5 Å². The van der Waals surface area contributed by atoms with Crippen molar-refractivity contribution in [2.45, 2.75) is 13.0 Å². The van der Waals surface area contributed by atoms with E-state index in [1.165, 1.54) is 0 Å². The summed E-state index contributed by atoms with van der Waals surface area (Å²) < 4.78 is 3.73. The zero-order valence-corrected chi connectivity index (χ0v) is 18.2. The highest BCUT2D eigenvalue weighted by Crippen LogP contribution is 2.30. The molecule has 0 radical (unpaired) electrons. The number of amides is 1. The Bertz CT molecular complexity index is 1390. The van der Waals surface area contributed by atoms with Gasteiger partial charge in [0.05, 0.1) is 23.1 Å². The Kier molecular flexibility index (Phi) is 5.63. The SMILES string of the molecule is Cn1ccc(-c2nc3cc(C(=O)NCCCn4ccnc4)ccc3nc2-c2ccccc2)n1. The summed E-state index contributed by atoms with van der Waals surface area (Å²) in [6.07, 6.45) is 8.12. The summed E-state index contributed by atoms with van der Waals surface area (Å²) in [5.74, 6) is -0.129. The number of nitrogens with one attached hydrogen (secondary N) is 1. The molecule has 1 amide bonds. The second kappa shape index (κ2) is 9.04. The second-order valence-corrected chi connectivity index (χ2v) is 7.77. The minimum Gasteiger partial charge on any atom is -0.352 e. The number of aromatic nitrogens is 6. The minimum absolute atomic E-state index is 0.129. The van der Waals surface area contributed by atoms with Crippen molar-refractivity contribution in [2.24, 2.45) is 7.05 Å². The van der Waals surface area contributed by atoms with Crippen LogP contribution >= 0.6 is 0 Å². The molecule has 164 valence electrons. The van der Waals surface area contributed by atoms with Crippen molar-refractivity contribution in [3.63, 3.8) is 0 Å². The van der Waals surface area contributed by atoms with Crippen molar-refractivity contribution >= 4 is 16.9 Å². The zero-order chi connectivity index (χ0) is 22.6. The molecular weight excluding hydrogens is 414 g/mol. The first-order chi connectivity index (χ1) is 16.2. The molecule has 2 aromatic carbocycles. The number of fused-ring (bicyclic) bond motifs is 1. The summed E-state index contributed by atoms with van der Waals surface area (Å²) in [7, 11) is 1.87. The fourth-order valence-electron chi connectivity index (χ4n) is 3.70. The van der Waals surface area contributed by atoms with Crippen molar-refractivity contribution in [2.75, 3.05) is 6.54 Å². The molecule has 8 heteroatoms. The number of aryl methyl sites for hydroxylation is 2. The maximum Gasteiger partial charge on any atom is 0.251 e. The maximum atomic E-state index is 12.7. The molecule has 0 unspecified atom stereocenters. The smallest absolute Gasteiger partial charge is 0.251 e. The predicted octanol–water partition coefficient (Wildman–Crippen LogP) is 3.71. The van der Waals surface area contributed by atoms with Crippen LogP contribution in [0.25, 0.3) is 33.7 Å². The third kappa shape index (κ3) is 4.50. The molecular formula is C25H23N7O. The van der Waals surface area contributed by atoms with Gasteiger partial charge in [0.15, 0.2) is 0 Å². The number of hydrogen-bond acceptors (Lipinski definition) is 5. The first-order valence-corrected chi connectivity index (χ1v) is 10.8. The van der Waals surface area contributed by atoms with Crippen LogP contribution < -0.4 is 5.32 Å². The molecule has 5 rings (SSSR count). The van der Waals surface area contributed by atoms with Gasteiger partial charge in [-0.2, -0.15) is 5.10 Å². The van der Waals surface area contributed by atoms with Crippen LogP contribution in [-0.2, 0) is 13.6 Å². The van der Waals surface area contributed by atoms with E-state index < -0.39 is 0 Å². The van der Waals surface area contributed by atoms with Gasteiger partial charge in [0.1, 0.15) is 11.4 Å². The van der Waals surface area contributed by atoms with Crippen LogP contribution in [0.1, 0.15) is 16.8 Å². The summed E-state index contributed by atoms with van der Waals surface area (Å²) in [6, 6.07) is 17.3. The third-order valence-corrected chi connectivity index (χ3v) is 5.37. The van der Waals surface area contributed by atoms with Crippen LogP contribution in [0.15, 0.2) is 79.5 Å². The van der Waals surface area contributed by atoms with Crippen LogP contribution in [0.2, 0.25) is 0 Å². The van der Waals surface area contributed by atoms with Gasteiger partial charge in [-0.15, -0.1) is 0 Å². The number of rotatable bonds is 7. The van der Waals surface area contributed by atoms with Crippen molar-refractivity contribution in [3.8, 4) is 22.6 Å². The minimum atomic E-state index is -0.129. The van der Waals surface area contributed by atoms with E-state index in [2.05, 4.69) is 15.4 Å². The van der Waals surface area contributed by atoms with Gasteiger partial charge in [0, 0.05) is 49.9 Å². The van der Waals surface area contributed by atoms with E-state index in [1.54, 1.807) is 29.3 Å². The van der Waals surface area contributed by atoms with Crippen LogP contribution in [0.3, 0.4) is 0 Å². The van der Waals surface area contributed by atoms with Gasteiger partial charge in [-0.1, -0.05) is 30.3 Å². The summed E-state index contributed by atoms with van der Waals surface area (Å²) >= 11 is 0. The van der Waals surface area contributed by atoms with E-state index in [-0.39, 0.29) is 5.91 Å². The molecule has 0 aliphatic carbocycles. The molecule has 0 aliphatic rings. The van der Waals surface area contributed by atoms with Crippen LogP contribution in [0.5, 0.6) is 0 Å². The highest BCUT2D eigenvalue weighted by Gasteiger charge is 2.16. The monoisotopic (exact) mass is 437 g/mol. The summed E-state index contributed by atoms with van der Waals surface area (Å²) in [5, 5.41) is 7.51. The van der Waals surface area contributed by atoms with Crippen LogP contribution in [0.4, 0.5) is 0 Å². The zero-order valence-electron chi connectivity index (χ0n) is 18.2. The molecule has 5 aromatic rings. The van der Waals surface area contributed by atoms with E-state index in [4.69, 9.17) is 9.97 Å². The van der Waals surface area contributed by atoms with E-state index in [0.717, 1.165) is 35.4 Å². The number of imidazole rings is 1. The Hall–Kier alpha value is -4.33. The van der Waals surface area contributed by atoms with Crippen molar-refractivity contribution in [1.29, 1.82) is 0 Å². The highest BCUT2D eigenvalue weighted by molar-refractivity contribution is 5.98. The van der Waals surface area contributed by atoms with E-state index in [0.29, 0.717) is 23.3 Å². The number of carbonyl (C=O) groups is 1. The third-order valence-electron chi connectivity index (χ3n) is 5.37. The maximum absolute atomic E-state index is 12.7. The lowest BCUT2D eigenvalue weighted by Gasteiger charge is -2.10. The summed E-state index contributed by atoms with van der Waals surface area (Å²) in [5.41, 5.74) is 5.09. The van der Waals surface area contributed by atoms with Crippen molar-refractivity contribution in [1.82, 2.24) is 34.6 Å². The van der Waals surface area contributed by atoms with Gasteiger partial charge in [-0.05, 0) is 30.7 Å². The fourth-order valence-corrected chi connectivity index (χ4v) is 3.70. The molecule has 3 aromatic heterocycles. The number of hydrogen-bond donors (Lipinski definition) is 1. The van der Waals surface area contributed by atoms with Crippen molar-refractivity contribution < 1.29 is 4.79 Å². The van der Waals surface area contributed by atoms with Gasteiger partial charge in [0.25, 0.3) is 5.91 Å². The number of carbonyl (C=O) groups excluding carboxylic acids is 1. The second-order valence-electron chi connectivity index (χ2n) is 7.77. The van der Waals surface area contributed by atoms with Gasteiger partial charge in [-0.25, -0.2) is 15.0 Å². The Morgan fingerprint density at radius 2 is 1.82 bits per heavy atom. The molecule has 0 bridgehead atoms. The molecule has 33 heavy (non-hydrogen) atoms. The first-order valence-electron chi connectivity index (χ1n) is 10.8. The number of benzene rings is 2.